The molecule has 1 aromatic heterocycles. The van der Waals surface area contributed by atoms with Crippen LogP contribution in [0.5, 0.6) is 0 Å². The molecule has 2 nitrogen and oxygen atoms in total. The second-order valence-electron chi connectivity index (χ2n) is 3.95. The lowest BCUT2D eigenvalue weighted by molar-refractivity contribution is 0.422. The van der Waals surface area contributed by atoms with Crippen LogP contribution in [-0.4, -0.2) is 4.98 Å². The van der Waals surface area contributed by atoms with Gasteiger partial charge < -0.3 is 5.73 Å². The smallest absolute Gasteiger partial charge is 0.141 e. The van der Waals surface area contributed by atoms with Gasteiger partial charge in [-0.2, -0.15) is 0 Å². The SMILES string of the molecule is CC(N)(c1cncc(F)c1)C1CC1. The maximum Gasteiger partial charge on any atom is 0.141 e. The van der Waals surface area contributed by atoms with Crippen LogP contribution in [-0.2, 0) is 5.54 Å². The van der Waals surface area contributed by atoms with Gasteiger partial charge in [0.2, 0.25) is 0 Å². The third-order valence-electron chi connectivity index (χ3n) is 2.75. The number of hydrogen-bond acceptors (Lipinski definition) is 2. The van der Waals surface area contributed by atoms with Crippen LogP contribution in [0.15, 0.2) is 18.5 Å². The third kappa shape index (κ3) is 1.56. The van der Waals surface area contributed by atoms with Crippen molar-refractivity contribution >= 4 is 0 Å². The minimum Gasteiger partial charge on any atom is -0.321 e. The van der Waals surface area contributed by atoms with Crippen molar-refractivity contribution in [2.75, 3.05) is 0 Å². The van der Waals surface area contributed by atoms with Gasteiger partial charge >= 0.3 is 0 Å². The molecule has 1 unspecified atom stereocenters. The Balaban J connectivity index is 2.33. The highest BCUT2D eigenvalue weighted by atomic mass is 19.1. The van der Waals surface area contributed by atoms with Gasteiger partial charge in [-0.15, -0.1) is 0 Å². The number of rotatable bonds is 2. The van der Waals surface area contributed by atoms with Gasteiger partial charge in [0.15, 0.2) is 0 Å². The Hall–Kier alpha value is -0.960. The van der Waals surface area contributed by atoms with Crippen molar-refractivity contribution in [1.29, 1.82) is 0 Å². The average molecular weight is 180 g/mol. The first-order chi connectivity index (χ1) is 6.10. The van der Waals surface area contributed by atoms with E-state index < -0.39 is 5.54 Å². The zero-order valence-electron chi connectivity index (χ0n) is 7.63. The van der Waals surface area contributed by atoms with E-state index in [1.165, 1.54) is 12.3 Å². The molecule has 3 heteroatoms. The van der Waals surface area contributed by atoms with Crippen molar-refractivity contribution < 1.29 is 4.39 Å². The minimum atomic E-state index is -0.408. The van der Waals surface area contributed by atoms with E-state index in [1.54, 1.807) is 6.20 Å². The second kappa shape index (κ2) is 2.77. The van der Waals surface area contributed by atoms with E-state index in [2.05, 4.69) is 4.98 Å². The lowest BCUT2D eigenvalue weighted by Gasteiger charge is -2.24. The van der Waals surface area contributed by atoms with Gasteiger partial charge in [0.1, 0.15) is 5.82 Å². The zero-order valence-corrected chi connectivity index (χ0v) is 7.63. The van der Waals surface area contributed by atoms with Crippen LogP contribution in [0.1, 0.15) is 25.3 Å². The summed E-state index contributed by atoms with van der Waals surface area (Å²) in [6.07, 6.45) is 5.14. The fourth-order valence-electron chi connectivity index (χ4n) is 1.63. The molecule has 0 amide bonds. The van der Waals surface area contributed by atoms with Gasteiger partial charge in [0.25, 0.3) is 0 Å². The van der Waals surface area contributed by atoms with Crippen LogP contribution < -0.4 is 5.73 Å². The van der Waals surface area contributed by atoms with Crippen LogP contribution in [0.3, 0.4) is 0 Å². The highest BCUT2D eigenvalue weighted by Crippen LogP contribution is 2.43. The van der Waals surface area contributed by atoms with E-state index in [0.717, 1.165) is 18.4 Å². The van der Waals surface area contributed by atoms with E-state index in [9.17, 15) is 4.39 Å². The zero-order chi connectivity index (χ0) is 9.47. The predicted molar refractivity (Wildman–Crippen MR) is 48.5 cm³/mol. The molecule has 2 N–H and O–H groups in total. The van der Waals surface area contributed by atoms with E-state index in [4.69, 9.17) is 5.73 Å². The van der Waals surface area contributed by atoms with Crippen LogP contribution in [0.2, 0.25) is 0 Å². The van der Waals surface area contributed by atoms with E-state index in [1.807, 2.05) is 6.92 Å². The maximum absolute atomic E-state index is 12.9. The van der Waals surface area contributed by atoms with Gasteiger partial charge in [0, 0.05) is 11.7 Å². The summed E-state index contributed by atoms with van der Waals surface area (Å²) in [5.41, 5.74) is 6.50. The molecule has 0 aromatic carbocycles. The molecule has 1 heterocycles. The Morgan fingerprint density at radius 1 is 1.54 bits per heavy atom. The maximum atomic E-state index is 12.9. The first kappa shape index (κ1) is 8.63. The summed E-state index contributed by atoms with van der Waals surface area (Å²) in [4.78, 5) is 3.81. The van der Waals surface area contributed by atoms with Crippen LogP contribution in [0.4, 0.5) is 4.39 Å². The van der Waals surface area contributed by atoms with Crippen molar-refractivity contribution in [3.8, 4) is 0 Å². The molecule has 70 valence electrons. The average Bonchev–Trinajstić information content (AvgIpc) is 2.86. The number of nitrogens with two attached hydrogens (primary N) is 1. The molecule has 13 heavy (non-hydrogen) atoms. The summed E-state index contributed by atoms with van der Waals surface area (Å²) >= 11 is 0. The molecule has 0 radical (unpaired) electrons. The van der Waals surface area contributed by atoms with Gasteiger partial charge in [-0.25, -0.2) is 4.39 Å². The molecule has 1 aliphatic carbocycles. The highest BCUT2D eigenvalue weighted by molar-refractivity contribution is 5.22. The summed E-state index contributed by atoms with van der Waals surface area (Å²) < 4.78 is 12.9. The first-order valence-electron chi connectivity index (χ1n) is 4.50. The topological polar surface area (TPSA) is 38.9 Å². The molecule has 0 saturated heterocycles. The summed E-state index contributed by atoms with van der Waals surface area (Å²) in [7, 11) is 0. The van der Waals surface area contributed by atoms with Crippen molar-refractivity contribution in [2.24, 2.45) is 11.7 Å². The summed E-state index contributed by atoms with van der Waals surface area (Å²) in [6, 6.07) is 1.48. The monoisotopic (exact) mass is 180 g/mol. The third-order valence-corrected chi connectivity index (χ3v) is 2.75. The summed E-state index contributed by atoms with van der Waals surface area (Å²) in [5, 5.41) is 0. The number of nitrogens with zero attached hydrogens (tertiary/aromatic N) is 1. The molecular formula is C10H13FN2. The molecule has 1 atom stereocenters. The summed E-state index contributed by atoms with van der Waals surface area (Å²) in [6.45, 7) is 1.95. The van der Waals surface area contributed by atoms with Gasteiger partial charge in [0.05, 0.1) is 6.20 Å². The molecule has 1 aromatic rings. The minimum absolute atomic E-state index is 0.310. The van der Waals surface area contributed by atoms with E-state index >= 15 is 0 Å². The quantitative estimate of drug-likeness (QED) is 0.753. The van der Waals surface area contributed by atoms with Crippen molar-refractivity contribution in [2.45, 2.75) is 25.3 Å². The predicted octanol–water partition coefficient (Wildman–Crippen LogP) is 1.80. The fourth-order valence-corrected chi connectivity index (χ4v) is 1.63. The highest BCUT2D eigenvalue weighted by Gasteiger charge is 2.39. The number of halogens is 1. The Morgan fingerprint density at radius 3 is 2.77 bits per heavy atom. The fraction of sp³-hybridized carbons (Fsp3) is 0.500. The normalized spacial score (nSPS) is 21.2. The first-order valence-corrected chi connectivity index (χ1v) is 4.50. The second-order valence-corrected chi connectivity index (χ2v) is 3.95. The Kier molecular flexibility index (Phi) is 1.84. The standard InChI is InChI=1S/C10H13FN2/c1-10(12,7-2-3-7)8-4-9(11)6-13-5-8/h4-7H,2-3,12H2,1H3. The van der Waals surface area contributed by atoms with E-state index in [-0.39, 0.29) is 5.82 Å². The van der Waals surface area contributed by atoms with Crippen molar-refractivity contribution in [3.05, 3.63) is 29.8 Å². The Labute approximate surface area is 77.0 Å². The lowest BCUT2D eigenvalue weighted by Crippen LogP contribution is -2.35. The van der Waals surface area contributed by atoms with Crippen LogP contribution >= 0.6 is 0 Å². The molecule has 1 aliphatic rings. The van der Waals surface area contributed by atoms with Gasteiger partial charge in [-0.05, 0) is 37.3 Å². The number of pyridine rings is 1. The molecule has 1 fully saturated rings. The lowest BCUT2D eigenvalue weighted by atomic mass is 9.89. The van der Waals surface area contributed by atoms with Crippen LogP contribution in [0.25, 0.3) is 0 Å². The molecule has 0 aliphatic heterocycles. The number of hydrogen-bond donors (Lipinski definition) is 1. The molecule has 0 spiro atoms. The van der Waals surface area contributed by atoms with Crippen LogP contribution in [0, 0.1) is 11.7 Å². The Bertz CT molecular complexity index is 318. The van der Waals surface area contributed by atoms with Gasteiger partial charge in [-0.1, -0.05) is 0 Å². The van der Waals surface area contributed by atoms with E-state index in [0.29, 0.717) is 5.92 Å². The molecule has 2 rings (SSSR count). The molecule has 1 saturated carbocycles. The number of aromatic nitrogens is 1. The largest absolute Gasteiger partial charge is 0.321 e. The molecule has 0 bridgehead atoms. The van der Waals surface area contributed by atoms with Gasteiger partial charge in [-0.3, -0.25) is 4.98 Å². The Morgan fingerprint density at radius 2 is 2.23 bits per heavy atom. The summed E-state index contributed by atoms with van der Waals surface area (Å²) in [5.74, 6) is 0.186. The molecular weight excluding hydrogens is 167 g/mol. The van der Waals surface area contributed by atoms with Crippen molar-refractivity contribution in [1.82, 2.24) is 4.98 Å². The van der Waals surface area contributed by atoms with Crippen molar-refractivity contribution in [3.63, 3.8) is 0 Å².